The molecule has 0 saturated heterocycles. The number of nitrogens with zero attached hydrogens (tertiary/aromatic N) is 2. The zero-order valence-corrected chi connectivity index (χ0v) is 42.4. The quantitative estimate of drug-likeness (QED) is 0.0648. The summed E-state index contributed by atoms with van der Waals surface area (Å²) < 4.78 is 29.6. The first-order chi connectivity index (χ1) is 34.0. The smallest absolute Gasteiger partial charge is 0.335 e. The predicted molar refractivity (Wildman–Crippen MR) is 278 cm³/mol. The van der Waals surface area contributed by atoms with E-state index < -0.39 is 35.3 Å². The molecule has 372 valence electrons. The highest BCUT2D eigenvalue weighted by molar-refractivity contribution is 7.14. The summed E-state index contributed by atoms with van der Waals surface area (Å²) in [5, 5.41) is 27.4. The van der Waals surface area contributed by atoms with Crippen LogP contribution in [0, 0.1) is 36.3 Å². The van der Waals surface area contributed by atoms with Crippen molar-refractivity contribution in [1.82, 2.24) is 20.6 Å². The summed E-state index contributed by atoms with van der Waals surface area (Å²) in [6.45, 7) is 15.9. The maximum Gasteiger partial charge on any atom is 0.335 e. The van der Waals surface area contributed by atoms with Crippen molar-refractivity contribution in [3.8, 4) is 22.3 Å². The number of carbonyl (C=O) groups excluding carboxylic acids is 5. The summed E-state index contributed by atoms with van der Waals surface area (Å²) in [6, 6.07) is 22.9. The van der Waals surface area contributed by atoms with Crippen LogP contribution in [0.4, 0.5) is 24.7 Å². The Morgan fingerprint density at radius 3 is 1.35 bits per heavy atom. The number of rotatable bonds is 13. The van der Waals surface area contributed by atoms with Crippen LogP contribution in [-0.4, -0.2) is 63.7 Å². The average Bonchev–Trinajstić information content (AvgIpc) is 4.06. The van der Waals surface area contributed by atoms with Gasteiger partial charge in [0.15, 0.2) is 10.3 Å². The second kappa shape index (κ2) is 22.9. The third-order valence-corrected chi connectivity index (χ3v) is 12.1. The van der Waals surface area contributed by atoms with E-state index in [4.69, 9.17) is 0 Å². The molecule has 0 fully saturated rings. The highest BCUT2D eigenvalue weighted by atomic mass is 32.1. The van der Waals surface area contributed by atoms with Crippen LogP contribution in [0.25, 0.3) is 22.3 Å². The molecule has 0 unspecified atom stereocenters. The van der Waals surface area contributed by atoms with Crippen molar-refractivity contribution < 1.29 is 42.7 Å². The molecule has 2 heterocycles. The molecule has 6 N–H and O–H groups in total. The molecule has 2 aromatic heterocycles. The van der Waals surface area contributed by atoms with E-state index in [1.165, 1.54) is 72.2 Å². The number of para-hydroxylation sites is 1. The molecule has 0 radical (unpaired) electrons. The van der Waals surface area contributed by atoms with Gasteiger partial charge in [-0.1, -0.05) is 71.9 Å². The number of amides is 5. The third kappa shape index (κ3) is 14.1. The maximum absolute atomic E-state index is 15.1. The maximum atomic E-state index is 15.1. The molecule has 0 aliphatic carbocycles. The monoisotopic (exact) mass is 1010 g/mol. The van der Waals surface area contributed by atoms with Crippen molar-refractivity contribution in [3.05, 3.63) is 170 Å². The van der Waals surface area contributed by atoms with Crippen LogP contribution in [0.1, 0.15) is 115 Å². The van der Waals surface area contributed by atoms with Gasteiger partial charge in [0, 0.05) is 69.7 Å². The van der Waals surface area contributed by atoms with Crippen molar-refractivity contribution >= 4 is 74.1 Å². The molecule has 18 heteroatoms. The minimum atomic E-state index is -1.29. The molecule has 0 aliphatic rings. The molecule has 5 aromatic carbocycles. The first-order valence-electron chi connectivity index (χ1n) is 22.4. The summed E-state index contributed by atoms with van der Waals surface area (Å²) in [5.74, 6) is -4.83. The Bertz CT molecular complexity index is 3150. The topological polar surface area (TPSA) is 209 Å². The van der Waals surface area contributed by atoms with E-state index in [0.29, 0.717) is 45.7 Å². The van der Waals surface area contributed by atoms with Gasteiger partial charge in [-0.15, -0.1) is 22.7 Å². The Balaban J connectivity index is 0.000000239. The Hall–Kier alpha value is -7.96. The third-order valence-electron chi connectivity index (χ3n) is 10.7. The van der Waals surface area contributed by atoms with Gasteiger partial charge >= 0.3 is 5.97 Å². The molecule has 0 aliphatic heterocycles. The summed E-state index contributed by atoms with van der Waals surface area (Å²) in [4.78, 5) is 84.7. The number of aromatic nitrogens is 2. The first kappa shape index (κ1) is 53.4. The van der Waals surface area contributed by atoms with Gasteiger partial charge in [-0.2, -0.15) is 0 Å². The number of carbonyl (C=O) groups is 6. The van der Waals surface area contributed by atoms with Crippen molar-refractivity contribution in [3.63, 3.8) is 0 Å². The first-order valence-corrected chi connectivity index (χ1v) is 24.2. The number of benzene rings is 5. The van der Waals surface area contributed by atoms with Crippen molar-refractivity contribution in [2.75, 3.05) is 29.0 Å². The average molecular weight is 1010 g/mol. The van der Waals surface area contributed by atoms with Crippen molar-refractivity contribution in [2.45, 2.75) is 55.4 Å². The van der Waals surface area contributed by atoms with Gasteiger partial charge in [-0.05, 0) is 119 Å². The second-order valence-electron chi connectivity index (χ2n) is 19.0. The minimum Gasteiger partial charge on any atom is -0.478 e. The fourth-order valence-corrected chi connectivity index (χ4v) is 7.96. The van der Waals surface area contributed by atoms with E-state index in [-0.39, 0.29) is 72.7 Å². The summed E-state index contributed by atoms with van der Waals surface area (Å²) in [7, 11) is 0. The predicted octanol–water partition coefficient (Wildman–Crippen LogP) is 11.5. The van der Waals surface area contributed by atoms with Gasteiger partial charge in [0.25, 0.3) is 29.5 Å². The zero-order valence-electron chi connectivity index (χ0n) is 40.7. The number of aromatic carboxylic acids is 1. The van der Waals surface area contributed by atoms with Crippen LogP contribution in [0.5, 0.6) is 0 Å². The lowest BCUT2D eigenvalue weighted by atomic mass is 9.91. The fraction of sp³-hybridized carbons (Fsp3) is 0.222. The van der Waals surface area contributed by atoms with Crippen LogP contribution < -0.4 is 26.6 Å². The number of hydrogen-bond donors (Lipinski definition) is 6. The molecule has 0 saturated carbocycles. The van der Waals surface area contributed by atoms with Gasteiger partial charge in [0.2, 0.25) is 0 Å². The van der Waals surface area contributed by atoms with Crippen LogP contribution in [-0.2, 0) is 0 Å². The number of carboxylic acid groups (broad SMARTS) is 1. The normalized spacial score (nSPS) is 11.1. The molecule has 14 nitrogen and oxygen atoms in total. The van der Waals surface area contributed by atoms with Crippen LogP contribution >= 0.6 is 22.7 Å². The summed E-state index contributed by atoms with van der Waals surface area (Å²) in [5.41, 5.74) is 2.67. The SMILES string of the molecule is Cc1c(F)cc(C(=O)Nc2ccccc2)cc1-c1ccc(C(=O)NCC(C)(C)C)cc1C(=O)Nc1nccs1.Cc1c(F)cc(C(=O)O)cc1-c1ccc(C(=O)NCC(C)(C)C)cc1C(=O)Nc1nccs1. The number of halogens is 2. The Labute approximate surface area is 423 Å². The standard InChI is InChI=1S/C30H29FN4O3S.C24H24FN3O4S/c1-18-23(15-20(16-25(18)31)27(37)34-21-8-6-5-7-9-21)22-11-10-19(26(36)33-17-30(2,3)4)14-24(22)28(38)35-29-32-12-13-39-29;1-13-17(10-15(22(31)32)11-19(13)25)16-6-5-14(20(29)27-12-24(2,3)4)9-18(16)21(30)28-23-26-7-8-33-23/h5-16H,17H2,1-4H3,(H,33,36)(H,34,37)(H,32,35,38);5-11H,12H2,1-4H3,(H,27,29)(H,31,32)(H,26,28,30). The summed E-state index contributed by atoms with van der Waals surface area (Å²) in [6.07, 6.45) is 3.10. The van der Waals surface area contributed by atoms with Gasteiger partial charge < -0.3 is 21.1 Å². The Morgan fingerprint density at radius 1 is 0.514 bits per heavy atom. The van der Waals surface area contributed by atoms with E-state index >= 15 is 4.39 Å². The number of anilines is 3. The van der Waals surface area contributed by atoms with E-state index in [1.807, 2.05) is 47.6 Å². The Morgan fingerprint density at radius 2 is 0.944 bits per heavy atom. The highest BCUT2D eigenvalue weighted by Gasteiger charge is 2.24. The van der Waals surface area contributed by atoms with Crippen LogP contribution in [0.15, 0.2) is 114 Å². The van der Waals surface area contributed by atoms with Crippen LogP contribution in [0.2, 0.25) is 0 Å². The molecule has 7 aromatic rings. The van der Waals surface area contributed by atoms with Gasteiger partial charge in [-0.3, -0.25) is 34.6 Å². The van der Waals surface area contributed by atoms with E-state index in [2.05, 4.69) is 36.6 Å². The molecule has 0 spiro atoms. The largest absolute Gasteiger partial charge is 0.478 e. The number of hydrogen-bond acceptors (Lipinski definition) is 10. The lowest BCUT2D eigenvalue weighted by molar-refractivity contribution is 0.0695. The summed E-state index contributed by atoms with van der Waals surface area (Å²) >= 11 is 2.47. The van der Waals surface area contributed by atoms with Crippen molar-refractivity contribution in [2.24, 2.45) is 10.8 Å². The van der Waals surface area contributed by atoms with E-state index in [9.17, 15) is 38.3 Å². The lowest BCUT2D eigenvalue weighted by Gasteiger charge is -2.19. The van der Waals surface area contributed by atoms with Gasteiger partial charge in [0.1, 0.15) is 11.6 Å². The van der Waals surface area contributed by atoms with Crippen molar-refractivity contribution in [1.29, 1.82) is 0 Å². The fourth-order valence-electron chi connectivity index (χ4n) is 6.91. The minimum absolute atomic E-state index is 0.0928. The number of carboxylic acids is 1. The number of thiazole rings is 2. The molecular formula is C54H53F2N7O7S2. The van der Waals surface area contributed by atoms with E-state index in [1.54, 1.807) is 66.3 Å². The molecule has 0 bridgehead atoms. The van der Waals surface area contributed by atoms with Gasteiger partial charge in [0.05, 0.1) is 5.56 Å². The highest BCUT2D eigenvalue weighted by Crippen LogP contribution is 2.34. The molecule has 0 atom stereocenters. The van der Waals surface area contributed by atoms with Crippen LogP contribution in [0.3, 0.4) is 0 Å². The molecular weight excluding hydrogens is 961 g/mol. The molecule has 7 rings (SSSR count). The number of nitrogens with one attached hydrogen (secondary N) is 5. The lowest BCUT2D eigenvalue weighted by Crippen LogP contribution is -2.32. The van der Waals surface area contributed by atoms with Gasteiger partial charge in [-0.25, -0.2) is 23.5 Å². The van der Waals surface area contributed by atoms with E-state index in [0.717, 1.165) is 6.07 Å². The molecule has 5 amide bonds. The zero-order chi connectivity index (χ0) is 52.5. The molecule has 72 heavy (non-hydrogen) atoms. The second-order valence-corrected chi connectivity index (χ2v) is 20.8. The Kier molecular flexibility index (Phi) is 16.9.